The minimum Gasteiger partial charge on any atom is -0.372 e. The molecule has 4 nitrogen and oxygen atoms in total. The zero-order chi connectivity index (χ0) is 20.8. The molecule has 4 rings (SSSR count). The average Bonchev–Trinajstić information content (AvgIpc) is 3.47. The largest absolute Gasteiger partial charge is 0.372 e. The number of aliphatic imine (C=N–C) groups is 2. The lowest BCUT2D eigenvalue weighted by Crippen LogP contribution is -2.34. The van der Waals surface area contributed by atoms with E-state index in [9.17, 15) is 0 Å². The minimum atomic E-state index is 0.449. The van der Waals surface area contributed by atoms with Crippen LogP contribution in [0.2, 0.25) is 0 Å². The van der Waals surface area contributed by atoms with Gasteiger partial charge < -0.3 is 10.2 Å². The molecule has 0 saturated carbocycles. The topological polar surface area (TPSA) is 40.0 Å². The van der Waals surface area contributed by atoms with Crippen LogP contribution in [-0.4, -0.2) is 49.3 Å². The van der Waals surface area contributed by atoms with Gasteiger partial charge in [-0.25, -0.2) is 0 Å². The second-order valence-corrected chi connectivity index (χ2v) is 8.68. The lowest BCUT2D eigenvalue weighted by molar-refractivity contribution is 0.438. The molecule has 2 heterocycles. The Kier molecular flexibility index (Phi) is 6.83. The van der Waals surface area contributed by atoms with Crippen molar-refractivity contribution in [1.29, 1.82) is 0 Å². The molecule has 1 N–H and O–H groups in total. The first-order valence-corrected chi connectivity index (χ1v) is 11.4. The second kappa shape index (κ2) is 9.92. The third kappa shape index (κ3) is 5.29. The molecule has 30 heavy (non-hydrogen) atoms. The van der Waals surface area contributed by atoms with Gasteiger partial charge in [0.15, 0.2) is 0 Å². The molecule has 2 aromatic carbocycles. The number of rotatable bonds is 9. The van der Waals surface area contributed by atoms with Crippen molar-refractivity contribution in [3.8, 4) is 0 Å². The van der Waals surface area contributed by atoms with Crippen LogP contribution >= 0.6 is 0 Å². The molecule has 2 aliphatic heterocycles. The Morgan fingerprint density at radius 1 is 0.833 bits per heavy atom. The number of hydrogen-bond acceptors (Lipinski definition) is 4. The molecular weight excluding hydrogens is 368 g/mol. The van der Waals surface area contributed by atoms with Crippen molar-refractivity contribution < 1.29 is 0 Å². The van der Waals surface area contributed by atoms with Crippen molar-refractivity contribution in [3.05, 3.63) is 71.3 Å². The van der Waals surface area contributed by atoms with E-state index in [1.165, 1.54) is 28.4 Å². The molecule has 0 aromatic heterocycles. The summed E-state index contributed by atoms with van der Waals surface area (Å²) in [4.78, 5) is 11.9. The number of benzene rings is 2. The van der Waals surface area contributed by atoms with Gasteiger partial charge in [-0.05, 0) is 36.0 Å². The van der Waals surface area contributed by atoms with Crippen LogP contribution in [0.15, 0.2) is 64.6 Å². The molecule has 2 aliphatic rings. The van der Waals surface area contributed by atoms with Gasteiger partial charge in [0, 0.05) is 31.5 Å². The molecule has 0 spiro atoms. The molecule has 0 radical (unpaired) electrons. The maximum atomic E-state index is 4.85. The van der Waals surface area contributed by atoms with Crippen molar-refractivity contribution in [2.45, 2.75) is 33.1 Å². The van der Waals surface area contributed by atoms with Crippen LogP contribution < -0.4 is 5.32 Å². The Hall–Kier alpha value is -2.62. The van der Waals surface area contributed by atoms with Crippen LogP contribution in [0.1, 0.15) is 30.5 Å². The standard InChI is InChI=1S/C26H34N4/c1-20(25-27-13-14-28-25)18-23-8-10-24(11-9-23)19-21(2)26-29-15-17-30(26)16-12-22-6-4-3-5-7-22/h3-11,20-21H,12-19H2,1-2H3,(H,27,28)/t20-,21-/m0/s1. The van der Waals surface area contributed by atoms with Crippen LogP contribution in [-0.2, 0) is 19.3 Å². The molecule has 0 amide bonds. The van der Waals surface area contributed by atoms with E-state index in [1.807, 2.05) is 0 Å². The smallest absolute Gasteiger partial charge is 0.102 e. The summed E-state index contributed by atoms with van der Waals surface area (Å²) in [5.74, 6) is 3.37. The number of nitrogens with one attached hydrogen (secondary N) is 1. The van der Waals surface area contributed by atoms with E-state index in [0.29, 0.717) is 11.8 Å². The van der Waals surface area contributed by atoms with E-state index in [0.717, 1.165) is 52.0 Å². The maximum Gasteiger partial charge on any atom is 0.102 e. The molecule has 0 bridgehead atoms. The Balaban J connectivity index is 1.29. The minimum absolute atomic E-state index is 0.449. The highest BCUT2D eigenvalue weighted by atomic mass is 15.2. The number of amidine groups is 2. The molecule has 2 aromatic rings. The summed E-state index contributed by atoms with van der Waals surface area (Å²) in [6, 6.07) is 19.9. The van der Waals surface area contributed by atoms with Gasteiger partial charge in [-0.2, -0.15) is 0 Å². The van der Waals surface area contributed by atoms with Crippen molar-refractivity contribution in [1.82, 2.24) is 10.2 Å². The van der Waals surface area contributed by atoms with Gasteiger partial charge >= 0.3 is 0 Å². The van der Waals surface area contributed by atoms with Crippen LogP contribution in [0, 0.1) is 11.8 Å². The highest BCUT2D eigenvalue weighted by molar-refractivity contribution is 5.86. The summed E-state index contributed by atoms with van der Waals surface area (Å²) in [7, 11) is 0. The number of hydrogen-bond donors (Lipinski definition) is 1. The van der Waals surface area contributed by atoms with E-state index >= 15 is 0 Å². The predicted octanol–water partition coefficient (Wildman–Crippen LogP) is 4.00. The SMILES string of the molecule is C[C@@H](Cc1ccc(C[C@H](C)C2=NCCN2CCc2ccccc2)cc1)C1=NCCN1. The molecule has 158 valence electrons. The lowest BCUT2D eigenvalue weighted by atomic mass is 9.95. The van der Waals surface area contributed by atoms with Crippen molar-refractivity contribution in [3.63, 3.8) is 0 Å². The van der Waals surface area contributed by atoms with Crippen LogP contribution in [0.4, 0.5) is 0 Å². The van der Waals surface area contributed by atoms with Crippen molar-refractivity contribution in [2.75, 3.05) is 32.7 Å². The monoisotopic (exact) mass is 402 g/mol. The van der Waals surface area contributed by atoms with E-state index in [1.54, 1.807) is 0 Å². The van der Waals surface area contributed by atoms with Gasteiger partial charge in [0.25, 0.3) is 0 Å². The highest BCUT2D eigenvalue weighted by Crippen LogP contribution is 2.18. The lowest BCUT2D eigenvalue weighted by Gasteiger charge is -2.25. The Bertz CT molecular complexity index is 870. The maximum absolute atomic E-state index is 4.85. The molecule has 2 atom stereocenters. The average molecular weight is 403 g/mol. The molecule has 0 aliphatic carbocycles. The van der Waals surface area contributed by atoms with Gasteiger partial charge in [-0.3, -0.25) is 9.98 Å². The predicted molar refractivity (Wildman–Crippen MR) is 127 cm³/mol. The van der Waals surface area contributed by atoms with Crippen molar-refractivity contribution in [2.24, 2.45) is 21.8 Å². The van der Waals surface area contributed by atoms with Gasteiger partial charge in [-0.1, -0.05) is 68.4 Å². The summed E-state index contributed by atoms with van der Waals surface area (Å²) in [5, 5.41) is 3.40. The fraction of sp³-hybridized carbons (Fsp3) is 0.462. The van der Waals surface area contributed by atoms with Crippen LogP contribution in [0.25, 0.3) is 0 Å². The van der Waals surface area contributed by atoms with E-state index in [4.69, 9.17) is 4.99 Å². The summed E-state index contributed by atoms with van der Waals surface area (Å²) in [6.07, 6.45) is 3.17. The van der Waals surface area contributed by atoms with Gasteiger partial charge in [0.05, 0.1) is 18.9 Å². The zero-order valence-corrected chi connectivity index (χ0v) is 18.3. The van der Waals surface area contributed by atoms with Crippen LogP contribution in [0.5, 0.6) is 0 Å². The molecular formula is C26H34N4. The first kappa shape index (κ1) is 20.6. The first-order chi connectivity index (χ1) is 14.7. The number of nitrogens with zero attached hydrogens (tertiary/aromatic N) is 3. The molecule has 0 saturated heterocycles. The van der Waals surface area contributed by atoms with E-state index < -0.39 is 0 Å². The third-order valence-electron chi connectivity index (χ3n) is 6.20. The van der Waals surface area contributed by atoms with Gasteiger partial charge in [0.1, 0.15) is 5.84 Å². The second-order valence-electron chi connectivity index (χ2n) is 8.68. The molecule has 0 unspecified atom stereocenters. The fourth-order valence-corrected chi connectivity index (χ4v) is 4.56. The van der Waals surface area contributed by atoms with Crippen molar-refractivity contribution >= 4 is 11.7 Å². The molecule has 0 fully saturated rings. The fourth-order valence-electron chi connectivity index (χ4n) is 4.56. The van der Waals surface area contributed by atoms with E-state index in [2.05, 4.69) is 83.7 Å². The summed E-state index contributed by atoms with van der Waals surface area (Å²) in [6.45, 7) is 9.53. The van der Waals surface area contributed by atoms with Crippen LogP contribution in [0.3, 0.4) is 0 Å². The Morgan fingerprint density at radius 3 is 2.20 bits per heavy atom. The highest BCUT2D eigenvalue weighted by Gasteiger charge is 2.22. The normalized spacial score (nSPS) is 18.0. The summed E-state index contributed by atoms with van der Waals surface area (Å²) < 4.78 is 0. The first-order valence-electron chi connectivity index (χ1n) is 11.4. The quantitative estimate of drug-likeness (QED) is 0.689. The van der Waals surface area contributed by atoms with Gasteiger partial charge in [-0.15, -0.1) is 0 Å². The Labute approximate surface area is 181 Å². The van der Waals surface area contributed by atoms with Gasteiger partial charge in [0.2, 0.25) is 0 Å². The third-order valence-corrected chi connectivity index (χ3v) is 6.20. The van der Waals surface area contributed by atoms with E-state index in [-0.39, 0.29) is 0 Å². The Morgan fingerprint density at radius 2 is 1.53 bits per heavy atom. The molecule has 4 heteroatoms. The summed E-state index contributed by atoms with van der Waals surface area (Å²) in [5.41, 5.74) is 4.19. The zero-order valence-electron chi connectivity index (χ0n) is 18.3. The summed E-state index contributed by atoms with van der Waals surface area (Å²) >= 11 is 0.